The Morgan fingerprint density at radius 1 is 1.28 bits per heavy atom. The quantitative estimate of drug-likeness (QED) is 0.735. The molecule has 1 atom stereocenters. The summed E-state index contributed by atoms with van der Waals surface area (Å²) >= 11 is 0. The minimum atomic E-state index is 0.0446. The molecule has 0 bridgehead atoms. The van der Waals surface area contributed by atoms with Crippen molar-refractivity contribution >= 4 is 28.1 Å². The minimum absolute atomic E-state index is 0.0446. The maximum Gasteiger partial charge on any atom is 0.152 e. The van der Waals surface area contributed by atoms with Crippen LogP contribution in [0.4, 0.5) is 5.69 Å². The predicted octanol–water partition coefficient (Wildman–Crippen LogP) is 3.91. The predicted molar refractivity (Wildman–Crippen MR) is 114 cm³/mol. The van der Waals surface area contributed by atoms with E-state index in [1.807, 2.05) is 17.7 Å². The van der Waals surface area contributed by atoms with E-state index in [0.717, 1.165) is 51.5 Å². The van der Waals surface area contributed by atoms with Gasteiger partial charge in [-0.3, -0.25) is 14.7 Å². The SMILES string of the molecule is Cc1nn(CC2CC(C(C)C)=NO2)c2ccc(NC3=NCc4cccnc43)cc12. The lowest BCUT2D eigenvalue weighted by atomic mass is 10.0. The molecule has 0 saturated heterocycles. The zero-order chi connectivity index (χ0) is 20.0. The van der Waals surface area contributed by atoms with Crippen molar-refractivity contribution < 1.29 is 4.84 Å². The fourth-order valence-electron chi connectivity index (χ4n) is 3.89. The van der Waals surface area contributed by atoms with Gasteiger partial charge in [-0.2, -0.15) is 5.10 Å². The number of amidine groups is 1. The van der Waals surface area contributed by atoms with Crippen LogP contribution in [0.5, 0.6) is 0 Å². The molecular formula is C22H24N6O. The van der Waals surface area contributed by atoms with Crippen LogP contribution in [0.15, 0.2) is 46.7 Å². The molecule has 0 saturated carbocycles. The van der Waals surface area contributed by atoms with Gasteiger partial charge in [-0.15, -0.1) is 0 Å². The molecule has 5 rings (SSSR count). The lowest BCUT2D eigenvalue weighted by Gasteiger charge is -2.10. The second kappa shape index (κ2) is 6.99. The summed E-state index contributed by atoms with van der Waals surface area (Å²) < 4.78 is 2.03. The summed E-state index contributed by atoms with van der Waals surface area (Å²) in [6.07, 6.45) is 2.71. The van der Waals surface area contributed by atoms with Crippen LogP contribution in [0.1, 0.15) is 37.2 Å². The van der Waals surface area contributed by atoms with Crippen LogP contribution >= 0.6 is 0 Å². The fourth-order valence-corrected chi connectivity index (χ4v) is 3.89. The van der Waals surface area contributed by atoms with Gasteiger partial charge in [0, 0.05) is 29.3 Å². The van der Waals surface area contributed by atoms with Gasteiger partial charge in [-0.05, 0) is 37.1 Å². The number of aliphatic imine (C=N–C) groups is 1. The number of benzene rings is 1. The first-order valence-corrected chi connectivity index (χ1v) is 10.0. The average Bonchev–Trinajstić information content (AvgIpc) is 3.42. The maximum atomic E-state index is 5.63. The van der Waals surface area contributed by atoms with Crippen molar-refractivity contribution in [3.63, 3.8) is 0 Å². The summed E-state index contributed by atoms with van der Waals surface area (Å²) in [5.41, 5.74) is 6.29. The topological polar surface area (TPSA) is 76.7 Å². The fraction of sp³-hybridized carbons (Fsp3) is 0.364. The minimum Gasteiger partial charge on any atom is -0.390 e. The number of anilines is 1. The molecule has 1 N–H and O–H groups in total. The van der Waals surface area contributed by atoms with Crippen molar-refractivity contribution in [1.82, 2.24) is 14.8 Å². The van der Waals surface area contributed by atoms with Gasteiger partial charge in [0.25, 0.3) is 0 Å². The summed E-state index contributed by atoms with van der Waals surface area (Å²) in [6.45, 7) is 7.70. The molecule has 0 aliphatic carbocycles. The molecule has 3 aromatic rings. The van der Waals surface area contributed by atoms with Crippen LogP contribution < -0.4 is 5.32 Å². The number of nitrogens with one attached hydrogen (secondary N) is 1. The lowest BCUT2D eigenvalue weighted by Crippen LogP contribution is -2.18. The Bertz CT molecular complexity index is 1140. The van der Waals surface area contributed by atoms with Gasteiger partial charge < -0.3 is 10.2 Å². The first kappa shape index (κ1) is 17.8. The molecule has 0 amide bonds. The summed E-state index contributed by atoms with van der Waals surface area (Å²) in [6, 6.07) is 10.3. The van der Waals surface area contributed by atoms with E-state index in [1.54, 1.807) is 6.20 Å². The molecule has 2 aliphatic heterocycles. The van der Waals surface area contributed by atoms with E-state index >= 15 is 0 Å². The second-order valence-electron chi connectivity index (χ2n) is 7.97. The maximum absolute atomic E-state index is 5.63. The van der Waals surface area contributed by atoms with Crippen LogP contribution in [0.25, 0.3) is 10.9 Å². The highest BCUT2D eigenvalue weighted by Crippen LogP contribution is 2.26. The molecular weight excluding hydrogens is 364 g/mol. The van der Waals surface area contributed by atoms with Crippen LogP contribution in [0, 0.1) is 12.8 Å². The highest BCUT2D eigenvalue weighted by atomic mass is 16.6. The molecule has 1 aromatic carbocycles. The molecule has 29 heavy (non-hydrogen) atoms. The van der Waals surface area contributed by atoms with E-state index in [0.29, 0.717) is 19.0 Å². The van der Waals surface area contributed by atoms with Gasteiger partial charge in [0.1, 0.15) is 5.69 Å². The number of oxime groups is 1. The normalized spacial score (nSPS) is 18.0. The summed E-state index contributed by atoms with van der Waals surface area (Å²) in [5, 5.41) is 13.5. The van der Waals surface area contributed by atoms with E-state index in [-0.39, 0.29) is 6.10 Å². The van der Waals surface area contributed by atoms with Crippen LogP contribution in [0.3, 0.4) is 0 Å². The van der Waals surface area contributed by atoms with E-state index in [2.05, 4.69) is 58.6 Å². The van der Waals surface area contributed by atoms with Gasteiger partial charge in [-0.1, -0.05) is 25.1 Å². The first-order valence-electron chi connectivity index (χ1n) is 10.0. The number of pyridine rings is 1. The van der Waals surface area contributed by atoms with E-state index in [1.165, 1.54) is 0 Å². The third-order valence-electron chi connectivity index (χ3n) is 5.52. The Labute approximate surface area is 169 Å². The number of rotatable bonds is 4. The Hall–Kier alpha value is -3.22. The third-order valence-corrected chi connectivity index (χ3v) is 5.52. The monoisotopic (exact) mass is 388 g/mol. The van der Waals surface area contributed by atoms with Gasteiger partial charge in [-0.25, -0.2) is 0 Å². The average molecular weight is 388 g/mol. The van der Waals surface area contributed by atoms with Crippen molar-refractivity contribution in [2.24, 2.45) is 16.1 Å². The van der Waals surface area contributed by atoms with Gasteiger partial charge in [0.15, 0.2) is 11.9 Å². The van der Waals surface area contributed by atoms with Crippen molar-refractivity contribution in [2.75, 3.05) is 5.32 Å². The molecule has 1 unspecified atom stereocenters. The highest BCUT2D eigenvalue weighted by Gasteiger charge is 2.24. The second-order valence-corrected chi connectivity index (χ2v) is 7.97. The lowest BCUT2D eigenvalue weighted by molar-refractivity contribution is 0.0707. The number of hydrogen-bond acceptors (Lipinski definition) is 6. The largest absolute Gasteiger partial charge is 0.390 e. The standard InChI is InChI=1S/C22H24N6O/c1-13(2)19-10-17(29-27-19)12-28-20-7-6-16(9-18(20)14(3)26-28)25-22-21-15(11-24-22)5-4-8-23-21/h4-9,13,17H,10-12H2,1-3H3,(H,24,25). The van der Waals surface area contributed by atoms with Crippen LogP contribution in [0.2, 0.25) is 0 Å². The highest BCUT2D eigenvalue weighted by molar-refractivity contribution is 6.09. The zero-order valence-electron chi connectivity index (χ0n) is 16.9. The van der Waals surface area contributed by atoms with Gasteiger partial charge in [0.05, 0.1) is 30.0 Å². The first-order chi connectivity index (χ1) is 14.1. The van der Waals surface area contributed by atoms with Crippen molar-refractivity contribution in [3.05, 3.63) is 53.5 Å². The molecule has 4 heterocycles. The van der Waals surface area contributed by atoms with Gasteiger partial charge in [0.2, 0.25) is 0 Å². The third kappa shape index (κ3) is 3.26. The number of aromatic nitrogens is 3. The smallest absolute Gasteiger partial charge is 0.152 e. The summed E-state index contributed by atoms with van der Waals surface area (Å²) in [5.74, 6) is 1.24. The van der Waals surface area contributed by atoms with Crippen LogP contribution in [-0.2, 0) is 17.9 Å². The molecule has 7 heteroatoms. The number of hydrogen-bond donors (Lipinski definition) is 1. The molecule has 148 valence electrons. The summed E-state index contributed by atoms with van der Waals surface area (Å²) in [4.78, 5) is 14.7. The van der Waals surface area contributed by atoms with Crippen molar-refractivity contribution in [2.45, 2.75) is 46.4 Å². The number of fused-ring (bicyclic) bond motifs is 2. The zero-order valence-corrected chi connectivity index (χ0v) is 16.9. The Morgan fingerprint density at radius 3 is 3.00 bits per heavy atom. The Morgan fingerprint density at radius 2 is 2.17 bits per heavy atom. The number of aryl methyl sites for hydroxylation is 1. The van der Waals surface area contributed by atoms with Gasteiger partial charge >= 0.3 is 0 Å². The van der Waals surface area contributed by atoms with E-state index < -0.39 is 0 Å². The molecule has 7 nitrogen and oxygen atoms in total. The van der Waals surface area contributed by atoms with Crippen molar-refractivity contribution in [1.29, 1.82) is 0 Å². The Kier molecular flexibility index (Phi) is 4.30. The van der Waals surface area contributed by atoms with Crippen LogP contribution in [-0.4, -0.2) is 32.4 Å². The number of nitrogens with zero attached hydrogens (tertiary/aromatic N) is 5. The molecule has 0 spiro atoms. The molecule has 2 aliphatic rings. The Balaban J connectivity index is 1.36. The molecule has 0 fully saturated rings. The van der Waals surface area contributed by atoms with E-state index in [4.69, 9.17) is 9.94 Å². The molecule has 0 radical (unpaired) electrons. The van der Waals surface area contributed by atoms with Crippen molar-refractivity contribution in [3.8, 4) is 0 Å². The van der Waals surface area contributed by atoms with E-state index in [9.17, 15) is 0 Å². The molecule has 2 aromatic heterocycles. The summed E-state index contributed by atoms with van der Waals surface area (Å²) in [7, 11) is 0.